The molecule has 6 heteroatoms. The highest BCUT2D eigenvalue weighted by atomic mass is 32.2. The van der Waals surface area contributed by atoms with E-state index >= 15 is 0 Å². The SMILES string of the molecule is CCCNS(=O)(=O)c1cccc(F)c1C#N. The first kappa shape index (κ1) is 12.6. The van der Waals surface area contributed by atoms with E-state index in [4.69, 9.17) is 5.26 Å². The maximum absolute atomic E-state index is 13.2. The van der Waals surface area contributed by atoms with Crippen LogP contribution in [0.4, 0.5) is 4.39 Å². The van der Waals surface area contributed by atoms with Crippen molar-refractivity contribution in [2.24, 2.45) is 0 Å². The van der Waals surface area contributed by atoms with Crippen molar-refractivity contribution in [1.29, 1.82) is 5.26 Å². The maximum atomic E-state index is 13.2. The number of rotatable bonds is 4. The van der Waals surface area contributed by atoms with Crippen LogP contribution >= 0.6 is 0 Å². The zero-order chi connectivity index (χ0) is 12.2. The molecule has 0 bridgehead atoms. The molecular formula is C10H11FN2O2S. The molecule has 1 aromatic carbocycles. The van der Waals surface area contributed by atoms with Crippen LogP contribution in [-0.4, -0.2) is 15.0 Å². The molecule has 0 saturated carbocycles. The van der Waals surface area contributed by atoms with Gasteiger partial charge in [-0.1, -0.05) is 13.0 Å². The van der Waals surface area contributed by atoms with Gasteiger partial charge in [-0.25, -0.2) is 17.5 Å². The van der Waals surface area contributed by atoms with Crippen molar-refractivity contribution < 1.29 is 12.8 Å². The third kappa shape index (κ3) is 2.56. The Labute approximate surface area is 93.8 Å². The van der Waals surface area contributed by atoms with Crippen molar-refractivity contribution in [2.45, 2.75) is 18.2 Å². The van der Waals surface area contributed by atoms with Gasteiger partial charge in [0.2, 0.25) is 10.0 Å². The topological polar surface area (TPSA) is 70.0 Å². The van der Waals surface area contributed by atoms with Gasteiger partial charge in [0.25, 0.3) is 0 Å². The number of sulfonamides is 1. The standard InChI is InChI=1S/C10H11FN2O2S/c1-2-6-13-16(14,15)10-5-3-4-9(11)8(10)7-12/h3-5,13H,2,6H2,1H3. The summed E-state index contributed by atoms with van der Waals surface area (Å²) in [7, 11) is -3.80. The van der Waals surface area contributed by atoms with Crippen LogP contribution in [0.5, 0.6) is 0 Å². The van der Waals surface area contributed by atoms with E-state index in [0.717, 1.165) is 6.07 Å². The van der Waals surface area contributed by atoms with Gasteiger partial charge in [-0.15, -0.1) is 0 Å². The zero-order valence-corrected chi connectivity index (χ0v) is 9.51. The van der Waals surface area contributed by atoms with Crippen LogP contribution in [-0.2, 0) is 10.0 Å². The molecule has 0 spiro atoms. The largest absolute Gasteiger partial charge is 0.241 e. The molecule has 0 amide bonds. The summed E-state index contributed by atoms with van der Waals surface area (Å²) in [6, 6.07) is 5.07. The van der Waals surface area contributed by atoms with Gasteiger partial charge in [-0.2, -0.15) is 5.26 Å². The number of halogens is 1. The molecular weight excluding hydrogens is 231 g/mol. The molecule has 16 heavy (non-hydrogen) atoms. The molecule has 0 saturated heterocycles. The Morgan fingerprint density at radius 2 is 2.19 bits per heavy atom. The summed E-state index contributed by atoms with van der Waals surface area (Å²) in [6.07, 6.45) is 0.621. The minimum absolute atomic E-state index is 0.254. The van der Waals surface area contributed by atoms with Crippen LogP contribution in [0.1, 0.15) is 18.9 Å². The monoisotopic (exact) mass is 242 g/mol. The van der Waals surface area contributed by atoms with Crippen LogP contribution in [0.2, 0.25) is 0 Å². The van der Waals surface area contributed by atoms with E-state index in [2.05, 4.69) is 4.72 Å². The van der Waals surface area contributed by atoms with Crippen molar-refractivity contribution in [3.05, 3.63) is 29.6 Å². The summed E-state index contributed by atoms with van der Waals surface area (Å²) in [4.78, 5) is -0.316. The predicted molar refractivity (Wildman–Crippen MR) is 56.6 cm³/mol. The van der Waals surface area contributed by atoms with Gasteiger partial charge in [0.05, 0.1) is 0 Å². The average molecular weight is 242 g/mol. The van der Waals surface area contributed by atoms with E-state index in [9.17, 15) is 12.8 Å². The first-order chi connectivity index (χ1) is 7.53. The fourth-order valence-electron chi connectivity index (χ4n) is 1.15. The Bertz CT molecular complexity index is 520. The van der Waals surface area contributed by atoms with E-state index < -0.39 is 21.4 Å². The van der Waals surface area contributed by atoms with Crippen molar-refractivity contribution >= 4 is 10.0 Å². The summed E-state index contributed by atoms with van der Waals surface area (Å²) in [6.45, 7) is 2.06. The van der Waals surface area contributed by atoms with Crippen LogP contribution in [0, 0.1) is 17.1 Å². The number of hydrogen-bond acceptors (Lipinski definition) is 3. The van der Waals surface area contributed by atoms with Gasteiger partial charge in [0, 0.05) is 6.54 Å². The Balaban J connectivity index is 3.24. The van der Waals surface area contributed by atoms with E-state index in [1.807, 2.05) is 0 Å². The van der Waals surface area contributed by atoms with Crippen molar-refractivity contribution in [3.63, 3.8) is 0 Å². The molecule has 0 aliphatic carbocycles. The zero-order valence-electron chi connectivity index (χ0n) is 8.70. The number of benzene rings is 1. The number of nitrogens with zero attached hydrogens (tertiary/aromatic N) is 1. The minimum atomic E-state index is -3.80. The second kappa shape index (κ2) is 5.05. The van der Waals surface area contributed by atoms with E-state index in [1.54, 1.807) is 13.0 Å². The first-order valence-corrected chi connectivity index (χ1v) is 6.19. The van der Waals surface area contributed by atoms with E-state index in [0.29, 0.717) is 6.42 Å². The molecule has 86 valence electrons. The number of nitrogens with one attached hydrogen (secondary N) is 1. The minimum Gasteiger partial charge on any atom is -0.211 e. The molecule has 0 aromatic heterocycles. The first-order valence-electron chi connectivity index (χ1n) is 4.71. The summed E-state index contributed by atoms with van der Waals surface area (Å²) >= 11 is 0. The summed E-state index contributed by atoms with van der Waals surface area (Å²) < 4.78 is 38.9. The highest BCUT2D eigenvalue weighted by molar-refractivity contribution is 7.89. The molecule has 0 atom stereocenters. The normalized spacial score (nSPS) is 11.1. The Hall–Kier alpha value is -1.45. The molecule has 1 N–H and O–H groups in total. The smallest absolute Gasteiger partial charge is 0.211 e. The fourth-order valence-corrected chi connectivity index (χ4v) is 2.45. The molecule has 0 radical (unpaired) electrons. The molecule has 4 nitrogen and oxygen atoms in total. The van der Waals surface area contributed by atoms with Gasteiger partial charge in [0.1, 0.15) is 22.3 Å². The molecule has 1 rings (SSSR count). The summed E-state index contributed by atoms with van der Waals surface area (Å²) in [5, 5.41) is 8.71. The second-order valence-corrected chi connectivity index (χ2v) is 4.86. The van der Waals surface area contributed by atoms with Gasteiger partial charge < -0.3 is 0 Å². The van der Waals surface area contributed by atoms with Crippen molar-refractivity contribution in [2.75, 3.05) is 6.54 Å². The lowest BCUT2D eigenvalue weighted by atomic mass is 10.2. The van der Waals surface area contributed by atoms with Crippen molar-refractivity contribution in [3.8, 4) is 6.07 Å². The van der Waals surface area contributed by atoms with Gasteiger partial charge in [-0.05, 0) is 18.6 Å². The molecule has 1 aromatic rings. The highest BCUT2D eigenvalue weighted by Crippen LogP contribution is 2.17. The summed E-state index contributed by atoms with van der Waals surface area (Å²) in [5.41, 5.74) is -0.453. The molecule has 0 unspecified atom stereocenters. The third-order valence-electron chi connectivity index (χ3n) is 1.92. The second-order valence-electron chi connectivity index (χ2n) is 3.12. The highest BCUT2D eigenvalue weighted by Gasteiger charge is 2.20. The van der Waals surface area contributed by atoms with Crippen LogP contribution in [0.25, 0.3) is 0 Å². The van der Waals surface area contributed by atoms with Crippen LogP contribution < -0.4 is 4.72 Å². The quantitative estimate of drug-likeness (QED) is 0.867. The summed E-state index contributed by atoms with van der Waals surface area (Å²) in [5.74, 6) is -0.832. The predicted octanol–water partition coefficient (Wildman–Crippen LogP) is 1.39. The van der Waals surface area contributed by atoms with E-state index in [-0.39, 0.29) is 11.4 Å². The Morgan fingerprint density at radius 1 is 1.50 bits per heavy atom. The van der Waals surface area contributed by atoms with E-state index in [1.165, 1.54) is 12.1 Å². The lowest BCUT2D eigenvalue weighted by molar-refractivity contribution is 0.576. The Kier molecular flexibility index (Phi) is 3.99. The third-order valence-corrected chi connectivity index (χ3v) is 3.42. The van der Waals surface area contributed by atoms with Gasteiger partial charge >= 0.3 is 0 Å². The molecule has 0 fully saturated rings. The number of nitriles is 1. The lowest BCUT2D eigenvalue weighted by Gasteiger charge is -2.07. The number of hydrogen-bond donors (Lipinski definition) is 1. The lowest BCUT2D eigenvalue weighted by Crippen LogP contribution is -2.25. The average Bonchev–Trinajstić information content (AvgIpc) is 2.26. The maximum Gasteiger partial charge on any atom is 0.241 e. The fraction of sp³-hybridized carbons (Fsp3) is 0.300. The van der Waals surface area contributed by atoms with Gasteiger partial charge in [0.15, 0.2) is 0 Å². The van der Waals surface area contributed by atoms with Crippen LogP contribution in [0.15, 0.2) is 23.1 Å². The molecule has 0 aliphatic rings. The Morgan fingerprint density at radius 3 is 2.75 bits per heavy atom. The molecule has 0 aliphatic heterocycles. The molecule has 0 heterocycles. The van der Waals surface area contributed by atoms with Gasteiger partial charge in [-0.3, -0.25) is 0 Å². The van der Waals surface area contributed by atoms with Crippen molar-refractivity contribution in [1.82, 2.24) is 4.72 Å². The van der Waals surface area contributed by atoms with Crippen LogP contribution in [0.3, 0.4) is 0 Å².